The molecule has 0 saturated heterocycles. The lowest BCUT2D eigenvalue weighted by Gasteiger charge is -2.31. The van der Waals surface area contributed by atoms with Gasteiger partial charge in [0.1, 0.15) is 11.4 Å². The number of carboxylic acids is 2. The Balaban J connectivity index is 1.05. The third-order valence-corrected chi connectivity index (χ3v) is 11.3. The minimum Gasteiger partial charge on any atom is -0.477 e. The van der Waals surface area contributed by atoms with Gasteiger partial charge in [0.25, 0.3) is 5.91 Å². The molecule has 6 rings (SSSR count). The van der Waals surface area contributed by atoms with Crippen LogP contribution in [0, 0.1) is 0 Å². The van der Waals surface area contributed by atoms with E-state index in [0.717, 1.165) is 28.8 Å². The molecular weight excluding hydrogens is 857 g/mol. The number of benzene rings is 3. The van der Waals surface area contributed by atoms with E-state index < -0.39 is 18.0 Å². The van der Waals surface area contributed by atoms with Gasteiger partial charge in [-0.25, -0.2) is 19.6 Å². The highest BCUT2D eigenvalue weighted by molar-refractivity contribution is 5.99. The Morgan fingerprint density at radius 2 is 1.40 bits per heavy atom. The van der Waals surface area contributed by atoms with Gasteiger partial charge in [0.05, 0.1) is 69.3 Å². The van der Waals surface area contributed by atoms with Crippen LogP contribution < -0.4 is 10.2 Å². The van der Waals surface area contributed by atoms with Crippen molar-refractivity contribution in [2.24, 2.45) is 0 Å². The Hall–Kier alpha value is -6.66. The van der Waals surface area contributed by atoms with Gasteiger partial charge >= 0.3 is 11.9 Å². The lowest BCUT2D eigenvalue weighted by molar-refractivity contribution is -0.118. The molecule has 5 N–H and O–H groups in total. The minimum atomic E-state index is -1.19. The molecule has 1 aliphatic heterocycles. The van der Waals surface area contributed by atoms with Gasteiger partial charge < -0.3 is 40.1 Å². The lowest BCUT2D eigenvalue weighted by atomic mass is 9.93. The Labute approximate surface area is 390 Å². The van der Waals surface area contributed by atoms with Crippen molar-refractivity contribution < 1.29 is 49.1 Å². The van der Waals surface area contributed by atoms with E-state index >= 15 is 0 Å². The third-order valence-electron chi connectivity index (χ3n) is 11.3. The van der Waals surface area contributed by atoms with Gasteiger partial charge in [0.15, 0.2) is 0 Å². The van der Waals surface area contributed by atoms with Crippen molar-refractivity contribution in [1.29, 1.82) is 0 Å². The number of fused-ring (bicyclic) bond motifs is 2. The zero-order valence-corrected chi connectivity index (χ0v) is 37.6. The molecule has 1 unspecified atom stereocenters. The molecule has 1 aliphatic rings. The van der Waals surface area contributed by atoms with Crippen molar-refractivity contribution in [3.05, 3.63) is 160 Å². The number of anilines is 1. The number of carboxylic acid groups (broad SMARTS) is 2. The number of nitrogens with one attached hydrogen (secondary N) is 1. The van der Waals surface area contributed by atoms with Gasteiger partial charge in [0, 0.05) is 51.3 Å². The summed E-state index contributed by atoms with van der Waals surface area (Å²) in [4.78, 5) is 64.8. The first-order valence-corrected chi connectivity index (χ1v) is 22.4. The number of allylic oxidation sites excluding steroid dienone is 1. The van der Waals surface area contributed by atoms with Gasteiger partial charge in [-0.3, -0.25) is 19.4 Å². The molecule has 0 saturated carbocycles. The van der Waals surface area contributed by atoms with Gasteiger partial charge in [-0.15, -0.1) is 0 Å². The number of aromatic carboxylic acids is 2. The molecule has 0 fully saturated rings. The standard InChI is InChI=1S/C51H58N6O10/c1-2-36-33-39-9-4-6-16-46(39)57(34-40-10-3-5-12-42(36)40)47(60)21-22-52-49(61)38-19-17-37(18-20-38)48(43-13-8-15-45(54-43)51(64)65)56(24-28-59)26-30-67-32-31-66-29-25-55(23-27-58)35-41-11-7-14-44(53-41)50(62)63/h3-20,33,48,58-59H,2,21-32,34-35H2,1H3,(H,52,61)(H,62,63)(H,64,65)/b36-33-. The number of amides is 2. The van der Waals surface area contributed by atoms with Crippen LogP contribution in [0.3, 0.4) is 0 Å². The first-order chi connectivity index (χ1) is 32.6. The number of aliphatic hydroxyl groups is 2. The number of rotatable bonds is 25. The molecule has 3 aromatic carbocycles. The van der Waals surface area contributed by atoms with Crippen molar-refractivity contribution in [3.63, 3.8) is 0 Å². The number of hydrogen-bond acceptors (Lipinski definition) is 12. The Kier molecular flexibility index (Phi) is 18.8. The second-order valence-corrected chi connectivity index (χ2v) is 15.8. The second-order valence-electron chi connectivity index (χ2n) is 15.8. The maximum absolute atomic E-state index is 13.9. The van der Waals surface area contributed by atoms with Crippen LogP contribution in [0.25, 0.3) is 11.6 Å². The molecule has 0 bridgehead atoms. The predicted octanol–water partition coefficient (Wildman–Crippen LogP) is 5.40. The maximum Gasteiger partial charge on any atom is 0.354 e. The molecule has 2 aromatic heterocycles. The summed E-state index contributed by atoms with van der Waals surface area (Å²) in [5.41, 5.74) is 7.02. The smallest absolute Gasteiger partial charge is 0.354 e. The van der Waals surface area contributed by atoms with E-state index in [1.807, 2.05) is 52.3 Å². The average molecular weight is 915 g/mol. The molecule has 0 spiro atoms. The SMILES string of the molecule is CC/C1=C/c2ccccc2N(C(=O)CCNC(=O)c2ccc(C(c3cccc(C(=O)O)n3)N(CCO)CCOCCOCCN(CCO)Cc3cccc(C(=O)O)n3)cc2)Cc2ccccc21. The number of aliphatic hydroxyl groups excluding tert-OH is 2. The zero-order valence-electron chi connectivity index (χ0n) is 37.6. The average Bonchev–Trinajstić information content (AvgIpc) is 3.33. The van der Waals surface area contributed by atoms with Gasteiger partial charge in [0.2, 0.25) is 5.91 Å². The van der Waals surface area contributed by atoms with Gasteiger partial charge in [-0.05, 0) is 82.8 Å². The van der Waals surface area contributed by atoms with Crippen LogP contribution in [0.4, 0.5) is 5.69 Å². The number of aromatic nitrogens is 2. The van der Waals surface area contributed by atoms with Crippen LogP contribution in [0.15, 0.2) is 109 Å². The quantitative estimate of drug-likeness (QED) is 0.0464. The fraction of sp³-hybridized carbons (Fsp3) is 0.333. The number of ether oxygens (including phenoxy) is 2. The third kappa shape index (κ3) is 13.9. The highest BCUT2D eigenvalue weighted by atomic mass is 16.5. The largest absolute Gasteiger partial charge is 0.477 e. The van der Waals surface area contributed by atoms with Gasteiger partial charge in [-0.1, -0.05) is 73.7 Å². The summed E-state index contributed by atoms with van der Waals surface area (Å²) in [5, 5.41) is 41.6. The van der Waals surface area contributed by atoms with Crippen molar-refractivity contribution >= 4 is 41.1 Å². The molecule has 1 atom stereocenters. The van der Waals surface area contributed by atoms with Crippen LogP contribution in [-0.4, -0.2) is 136 Å². The van der Waals surface area contributed by atoms with E-state index in [0.29, 0.717) is 61.8 Å². The number of carbonyl (C=O) groups excluding carboxylic acids is 2. The molecular formula is C51H58N6O10. The summed E-state index contributed by atoms with van der Waals surface area (Å²) >= 11 is 0. The molecule has 3 heterocycles. The summed E-state index contributed by atoms with van der Waals surface area (Å²) < 4.78 is 11.7. The summed E-state index contributed by atoms with van der Waals surface area (Å²) in [6, 6.07) is 31.7. The molecule has 2 amide bonds. The first-order valence-electron chi connectivity index (χ1n) is 22.4. The van der Waals surface area contributed by atoms with E-state index in [2.05, 4.69) is 34.4 Å². The van der Waals surface area contributed by atoms with Crippen LogP contribution in [0.1, 0.15) is 90.8 Å². The topological polar surface area (TPSA) is 215 Å². The fourth-order valence-electron chi connectivity index (χ4n) is 8.01. The Morgan fingerprint density at radius 3 is 2.12 bits per heavy atom. The molecule has 16 heteroatoms. The van der Waals surface area contributed by atoms with Crippen LogP contribution in [-0.2, 0) is 27.4 Å². The number of pyridine rings is 2. The van der Waals surface area contributed by atoms with Crippen LogP contribution in [0.2, 0.25) is 0 Å². The van der Waals surface area contributed by atoms with E-state index in [1.165, 1.54) is 17.7 Å². The monoisotopic (exact) mass is 914 g/mol. The van der Waals surface area contributed by atoms with E-state index in [4.69, 9.17) is 9.47 Å². The molecule has 67 heavy (non-hydrogen) atoms. The summed E-state index contributed by atoms with van der Waals surface area (Å²) in [6.07, 6.45) is 3.07. The normalized spacial score (nSPS) is 13.5. The molecule has 0 aliphatic carbocycles. The maximum atomic E-state index is 13.9. The van der Waals surface area contributed by atoms with Crippen molar-refractivity contribution in [1.82, 2.24) is 25.1 Å². The van der Waals surface area contributed by atoms with E-state index in [-0.39, 0.29) is 75.7 Å². The Morgan fingerprint density at radius 1 is 0.731 bits per heavy atom. The van der Waals surface area contributed by atoms with E-state index in [1.54, 1.807) is 53.4 Å². The highest BCUT2D eigenvalue weighted by Crippen LogP contribution is 2.34. The Bertz CT molecular complexity index is 2480. The molecule has 0 radical (unpaired) electrons. The fourth-order valence-corrected chi connectivity index (χ4v) is 8.01. The summed E-state index contributed by atoms with van der Waals surface area (Å²) in [6.45, 7) is 5.17. The van der Waals surface area contributed by atoms with Gasteiger partial charge in [-0.2, -0.15) is 0 Å². The van der Waals surface area contributed by atoms with Crippen LogP contribution >= 0.6 is 0 Å². The zero-order chi connectivity index (χ0) is 47.5. The van der Waals surface area contributed by atoms with Crippen molar-refractivity contribution in [3.8, 4) is 0 Å². The number of hydrogen-bond donors (Lipinski definition) is 5. The van der Waals surface area contributed by atoms with Crippen LogP contribution in [0.5, 0.6) is 0 Å². The van der Waals surface area contributed by atoms with Crippen molar-refractivity contribution in [2.75, 3.05) is 77.3 Å². The summed E-state index contributed by atoms with van der Waals surface area (Å²) in [5.74, 6) is -2.78. The minimum absolute atomic E-state index is 0.0505. The second kappa shape index (κ2) is 25.3. The number of para-hydroxylation sites is 1. The van der Waals surface area contributed by atoms with E-state index in [9.17, 15) is 39.6 Å². The molecule has 5 aromatic rings. The molecule has 352 valence electrons. The highest BCUT2D eigenvalue weighted by Gasteiger charge is 2.26. The summed E-state index contributed by atoms with van der Waals surface area (Å²) in [7, 11) is 0. The number of carbonyl (C=O) groups is 4. The number of nitrogens with zero attached hydrogens (tertiary/aromatic N) is 5. The lowest BCUT2D eigenvalue weighted by Crippen LogP contribution is -2.36. The molecule has 16 nitrogen and oxygen atoms in total. The first kappa shape index (κ1) is 49.8. The van der Waals surface area contributed by atoms with Crippen molar-refractivity contribution in [2.45, 2.75) is 38.9 Å². The predicted molar refractivity (Wildman–Crippen MR) is 253 cm³/mol.